The van der Waals surface area contributed by atoms with Crippen LogP contribution in [0.1, 0.15) is 66.0 Å². The number of aryl methyl sites for hydroxylation is 3. The van der Waals surface area contributed by atoms with Gasteiger partial charge >= 0.3 is 0 Å². The fourth-order valence-electron chi connectivity index (χ4n) is 5.31. The minimum atomic E-state index is 0.359. The maximum atomic E-state index is 4.93. The Kier molecular flexibility index (Phi) is 4.79. The van der Waals surface area contributed by atoms with Gasteiger partial charge in [0.15, 0.2) is 5.82 Å². The Morgan fingerprint density at radius 3 is 2.42 bits per heavy atom. The van der Waals surface area contributed by atoms with Crippen LogP contribution in [0.2, 0.25) is 0 Å². The normalized spacial score (nSPS) is 21.7. The molecule has 170 valence electrons. The molecule has 2 aliphatic rings. The van der Waals surface area contributed by atoms with E-state index in [1.807, 2.05) is 24.6 Å². The van der Waals surface area contributed by atoms with Gasteiger partial charge in [0, 0.05) is 30.9 Å². The SMILES string of the molecule is Cc1nc([C@@H]2C[C@H]2c2nc3ccccc3n2C)cc(-n2nc(C)nc2C2CCN(C)CC2)n1. The first-order valence-electron chi connectivity index (χ1n) is 11.9. The number of piperidine rings is 1. The minimum absolute atomic E-state index is 0.359. The van der Waals surface area contributed by atoms with Crippen LogP contribution in [-0.2, 0) is 7.05 Å². The lowest BCUT2D eigenvalue weighted by molar-refractivity contribution is 0.249. The highest BCUT2D eigenvalue weighted by Crippen LogP contribution is 2.54. The average molecular weight is 443 g/mol. The number of aromatic nitrogens is 7. The third kappa shape index (κ3) is 3.62. The zero-order valence-corrected chi connectivity index (χ0v) is 19.7. The monoisotopic (exact) mass is 442 g/mol. The van der Waals surface area contributed by atoms with Crippen LogP contribution in [0.5, 0.6) is 0 Å². The number of hydrogen-bond acceptors (Lipinski definition) is 6. The third-order valence-corrected chi connectivity index (χ3v) is 7.21. The molecule has 0 spiro atoms. The summed E-state index contributed by atoms with van der Waals surface area (Å²) in [5.74, 6) is 5.74. The zero-order chi connectivity index (χ0) is 22.7. The third-order valence-electron chi connectivity index (χ3n) is 7.21. The Balaban J connectivity index is 1.32. The standard InChI is InChI=1S/C25H30N8/c1-15-26-21(18-13-19(18)25-29-20-7-5-6-8-22(20)32(25)4)14-23(27-15)33-24(28-16(2)30-33)17-9-11-31(3)12-10-17/h5-8,14,17-19H,9-13H2,1-4H3/t18-,19-/m1/s1. The molecule has 2 atom stereocenters. The molecule has 2 fully saturated rings. The van der Waals surface area contributed by atoms with Crippen molar-refractivity contribution in [3.05, 3.63) is 59.3 Å². The molecule has 1 aromatic carbocycles. The summed E-state index contributed by atoms with van der Waals surface area (Å²) < 4.78 is 4.20. The van der Waals surface area contributed by atoms with Crippen LogP contribution in [0.25, 0.3) is 16.9 Å². The van der Waals surface area contributed by atoms with Crippen molar-refractivity contribution in [2.75, 3.05) is 20.1 Å². The highest BCUT2D eigenvalue weighted by Gasteiger charge is 2.44. The van der Waals surface area contributed by atoms with Gasteiger partial charge in [-0.05, 0) is 65.4 Å². The molecule has 0 bridgehead atoms. The summed E-state index contributed by atoms with van der Waals surface area (Å²) in [6.45, 7) is 6.11. The van der Waals surface area contributed by atoms with Crippen molar-refractivity contribution < 1.29 is 0 Å². The smallest absolute Gasteiger partial charge is 0.159 e. The maximum Gasteiger partial charge on any atom is 0.159 e. The van der Waals surface area contributed by atoms with Crippen molar-refractivity contribution in [1.29, 1.82) is 0 Å². The number of nitrogens with zero attached hydrogens (tertiary/aromatic N) is 8. The molecule has 8 nitrogen and oxygen atoms in total. The highest BCUT2D eigenvalue weighted by atomic mass is 15.4. The van der Waals surface area contributed by atoms with Crippen molar-refractivity contribution in [3.63, 3.8) is 0 Å². The van der Waals surface area contributed by atoms with Gasteiger partial charge in [-0.1, -0.05) is 12.1 Å². The Labute approximate surface area is 193 Å². The molecule has 0 radical (unpaired) electrons. The molecule has 1 saturated heterocycles. The van der Waals surface area contributed by atoms with Crippen LogP contribution in [0.3, 0.4) is 0 Å². The van der Waals surface area contributed by atoms with Gasteiger partial charge in [0.2, 0.25) is 0 Å². The van der Waals surface area contributed by atoms with Crippen LogP contribution in [0.4, 0.5) is 0 Å². The van der Waals surface area contributed by atoms with Crippen molar-refractivity contribution in [3.8, 4) is 5.82 Å². The fraction of sp³-hybridized carbons (Fsp3) is 0.480. The van der Waals surface area contributed by atoms with Crippen molar-refractivity contribution >= 4 is 11.0 Å². The average Bonchev–Trinajstić information content (AvgIpc) is 3.40. The van der Waals surface area contributed by atoms with E-state index >= 15 is 0 Å². The molecule has 4 aromatic rings. The molecule has 1 aliphatic heterocycles. The van der Waals surface area contributed by atoms with E-state index in [0.29, 0.717) is 17.8 Å². The maximum absolute atomic E-state index is 4.93. The number of benzene rings is 1. The Hall–Kier alpha value is -3.13. The Bertz CT molecular complexity index is 1330. The van der Waals surface area contributed by atoms with E-state index in [4.69, 9.17) is 25.0 Å². The van der Waals surface area contributed by atoms with Crippen LogP contribution >= 0.6 is 0 Å². The second-order valence-corrected chi connectivity index (χ2v) is 9.67. The second-order valence-electron chi connectivity index (χ2n) is 9.67. The minimum Gasteiger partial charge on any atom is -0.331 e. The van der Waals surface area contributed by atoms with Crippen molar-refractivity contribution in [2.45, 2.75) is 50.9 Å². The number of rotatable bonds is 4. The summed E-state index contributed by atoms with van der Waals surface area (Å²) in [5.41, 5.74) is 3.32. The lowest BCUT2D eigenvalue weighted by Crippen LogP contribution is -2.30. The summed E-state index contributed by atoms with van der Waals surface area (Å²) in [7, 11) is 4.30. The molecular formula is C25H30N8. The Morgan fingerprint density at radius 2 is 1.64 bits per heavy atom. The van der Waals surface area contributed by atoms with Gasteiger partial charge in [0.25, 0.3) is 0 Å². The summed E-state index contributed by atoms with van der Waals surface area (Å²) in [6.07, 6.45) is 3.26. The van der Waals surface area contributed by atoms with E-state index in [-0.39, 0.29) is 0 Å². The molecule has 1 saturated carbocycles. The topological polar surface area (TPSA) is 77.5 Å². The quantitative estimate of drug-likeness (QED) is 0.480. The van der Waals surface area contributed by atoms with Gasteiger partial charge in [0.05, 0.1) is 16.7 Å². The van der Waals surface area contributed by atoms with Gasteiger partial charge in [0.1, 0.15) is 23.3 Å². The number of fused-ring (bicyclic) bond motifs is 1. The molecule has 0 unspecified atom stereocenters. The molecular weight excluding hydrogens is 412 g/mol. The van der Waals surface area contributed by atoms with Gasteiger partial charge in [-0.25, -0.2) is 19.9 Å². The highest BCUT2D eigenvalue weighted by molar-refractivity contribution is 5.76. The first kappa shape index (κ1) is 20.5. The van der Waals surface area contributed by atoms with Gasteiger partial charge in [-0.2, -0.15) is 4.68 Å². The van der Waals surface area contributed by atoms with Crippen LogP contribution in [-0.4, -0.2) is 59.3 Å². The lowest BCUT2D eigenvalue weighted by atomic mass is 9.96. The number of imidazole rings is 1. The van der Waals surface area contributed by atoms with Crippen LogP contribution < -0.4 is 0 Å². The van der Waals surface area contributed by atoms with Gasteiger partial charge in [-0.15, -0.1) is 5.10 Å². The summed E-state index contributed by atoms with van der Waals surface area (Å²) in [6, 6.07) is 10.5. The fourth-order valence-corrected chi connectivity index (χ4v) is 5.31. The van der Waals surface area contributed by atoms with E-state index in [0.717, 1.165) is 72.7 Å². The number of hydrogen-bond donors (Lipinski definition) is 0. The van der Waals surface area contributed by atoms with Crippen molar-refractivity contribution in [1.82, 2.24) is 39.2 Å². The van der Waals surface area contributed by atoms with E-state index in [1.54, 1.807) is 0 Å². The summed E-state index contributed by atoms with van der Waals surface area (Å²) in [4.78, 5) is 21.7. The second kappa shape index (κ2) is 7.73. The number of likely N-dealkylation sites (tertiary alicyclic amines) is 1. The zero-order valence-electron chi connectivity index (χ0n) is 19.7. The molecule has 33 heavy (non-hydrogen) atoms. The lowest BCUT2D eigenvalue weighted by Gasteiger charge is -2.28. The predicted octanol–water partition coefficient (Wildman–Crippen LogP) is 3.64. The molecule has 4 heterocycles. The molecule has 6 rings (SSSR count). The van der Waals surface area contributed by atoms with Gasteiger partial charge < -0.3 is 9.47 Å². The van der Waals surface area contributed by atoms with E-state index < -0.39 is 0 Å². The Morgan fingerprint density at radius 1 is 0.848 bits per heavy atom. The van der Waals surface area contributed by atoms with Gasteiger partial charge in [-0.3, -0.25) is 0 Å². The summed E-state index contributed by atoms with van der Waals surface area (Å²) >= 11 is 0. The van der Waals surface area contributed by atoms with E-state index in [1.165, 1.54) is 5.52 Å². The molecule has 1 aliphatic carbocycles. The van der Waals surface area contributed by atoms with Crippen molar-refractivity contribution in [2.24, 2.45) is 7.05 Å². The molecule has 3 aromatic heterocycles. The first-order valence-corrected chi connectivity index (χ1v) is 11.9. The summed E-state index contributed by atoms with van der Waals surface area (Å²) in [5, 5.41) is 4.74. The van der Waals surface area contributed by atoms with Crippen LogP contribution in [0.15, 0.2) is 30.3 Å². The van der Waals surface area contributed by atoms with E-state index in [9.17, 15) is 0 Å². The predicted molar refractivity (Wildman–Crippen MR) is 127 cm³/mol. The molecule has 0 amide bonds. The molecule has 8 heteroatoms. The van der Waals surface area contributed by atoms with Crippen LogP contribution in [0, 0.1) is 13.8 Å². The molecule has 0 N–H and O–H groups in total. The van der Waals surface area contributed by atoms with E-state index in [2.05, 4.69) is 47.8 Å². The number of para-hydroxylation sites is 2. The first-order chi connectivity index (χ1) is 16.0. The largest absolute Gasteiger partial charge is 0.331 e.